The fourth-order valence-electron chi connectivity index (χ4n) is 5.24. The van der Waals surface area contributed by atoms with Crippen molar-refractivity contribution in [1.82, 2.24) is 39.0 Å². The highest BCUT2D eigenvalue weighted by atomic mass is 31.2. The summed E-state index contributed by atoms with van der Waals surface area (Å²) in [4.78, 5) is 45.3. The van der Waals surface area contributed by atoms with Crippen LogP contribution in [0.1, 0.15) is 12.5 Å². The van der Waals surface area contributed by atoms with Crippen LogP contribution in [0.25, 0.3) is 22.3 Å². The maximum Gasteiger partial charge on any atom is 0.472 e. The lowest BCUT2D eigenvalue weighted by Crippen LogP contribution is -2.39. The van der Waals surface area contributed by atoms with E-state index in [2.05, 4.69) is 29.9 Å². The number of phosphoric acid groups is 2. The monoisotopic (exact) mass is 658 g/mol. The van der Waals surface area contributed by atoms with Gasteiger partial charge >= 0.3 is 15.6 Å². The first-order valence-electron chi connectivity index (χ1n) is 12.8. The van der Waals surface area contributed by atoms with Gasteiger partial charge in [-0.2, -0.15) is 0 Å². The van der Waals surface area contributed by atoms with E-state index >= 15 is 0 Å². The van der Waals surface area contributed by atoms with Gasteiger partial charge in [-0.3, -0.25) is 27.2 Å². The van der Waals surface area contributed by atoms with Crippen molar-refractivity contribution in [2.45, 2.75) is 49.1 Å². The number of fused-ring (bicyclic) bond motifs is 4. The maximum absolute atomic E-state index is 13.1. The van der Waals surface area contributed by atoms with Gasteiger partial charge in [0.2, 0.25) is 0 Å². The van der Waals surface area contributed by atoms with Crippen LogP contribution >= 0.6 is 15.6 Å². The lowest BCUT2D eigenvalue weighted by Gasteiger charge is -2.27. The van der Waals surface area contributed by atoms with Crippen LogP contribution in [-0.4, -0.2) is 109 Å². The summed E-state index contributed by atoms with van der Waals surface area (Å²) >= 11 is 0. The van der Waals surface area contributed by atoms with E-state index in [1.54, 1.807) is 0 Å². The molecule has 24 heteroatoms. The highest BCUT2D eigenvalue weighted by molar-refractivity contribution is 7.47. The van der Waals surface area contributed by atoms with Gasteiger partial charge in [-0.15, -0.1) is 0 Å². The van der Waals surface area contributed by atoms with Crippen molar-refractivity contribution in [3.63, 3.8) is 0 Å². The molecule has 236 valence electrons. The number of nitrogens with two attached hydrogens (primary N) is 2. The van der Waals surface area contributed by atoms with E-state index in [1.807, 2.05) is 0 Å². The Balaban J connectivity index is 1.17. The second-order valence-electron chi connectivity index (χ2n) is 9.95. The van der Waals surface area contributed by atoms with Gasteiger partial charge in [-0.25, -0.2) is 39.0 Å². The normalized spacial score (nSPS) is 38.3. The summed E-state index contributed by atoms with van der Waals surface area (Å²) in [5.74, 6) is 0.101. The van der Waals surface area contributed by atoms with Gasteiger partial charge in [-0.1, -0.05) is 0 Å². The molecule has 0 aromatic carbocycles. The fourth-order valence-corrected chi connectivity index (χ4v) is 7.17. The van der Waals surface area contributed by atoms with E-state index in [0.29, 0.717) is 0 Å². The van der Waals surface area contributed by atoms with Crippen molar-refractivity contribution >= 4 is 49.6 Å². The molecule has 0 amide bonds. The number of anilines is 2. The Kier molecular flexibility index (Phi) is 7.16. The number of aromatic nitrogens is 8. The first-order chi connectivity index (χ1) is 20.9. The van der Waals surface area contributed by atoms with Crippen LogP contribution in [0.15, 0.2) is 25.3 Å². The lowest BCUT2D eigenvalue weighted by atomic mass is 10.1. The molecule has 3 saturated heterocycles. The molecule has 3 aliphatic heterocycles. The first-order valence-corrected chi connectivity index (χ1v) is 15.8. The largest absolute Gasteiger partial charge is 0.472 e. The molecule has 0 radical (unpaired) electrons. The summed E-state index contributed by atoms with van der Waals surface area (Å²) in [5, 5.41) is 22.2. The van der Waals surface area contributed by atoms with Gasteiger partial charge in [-0.05, 0) is 0 Å². The number of imidazole rings is 2. The quantitative estimate of drug-likeness (QED) is 0.132. The molecule has 4 aromatic heterocycles. The van der Waals surface area contributed by atoms with E-state index in [0.717, 1.165) is 12.7 Å². The van der Waals surface area contributed by atoms with E-state index in [9.17, 15) is 29.1 Å². The molecule has 0 saturated carbocycles. The summed E-state index contributed by atoms with van der Waals surface area (Å²) in [6.07, 6.45) is -7.30. The van der Waals surface area contributed by atoms with Crippen molar-refractivity contribution in [1.29, 1.82) is 0 Å². The Morgan fingerprint density at radius 3 is 1.52 bits per heavy atom. The van der Waals surface area contributed by atoms with Crippen molar-refractivity contribution in [3.8, 4) is 0 Å². The molecule has 3 aliphatic rings. The molecule has 0 aliphatic carbocycles. The fraction of sp³-hybridized carbons (Fsp3) is 0.500. The van der Waals surface area contributed by atoms with Crippen LogP contribution in [0.4, 0.5) is 11.6 Å². The molecule has 3 fully saturated rings. The number of ether oxygens (including phenoxy) is 2. The number of phosphoric ester groups is 2. The smallest absolute Gasteiger partial charge is 0.386 e. The summed E-state index contributed by atoms with van der Waals surface area (Å²) in [7, 11) is -10.0. The van der Waals surface area contributed by atoms with Crippen molar-refractivity contribution < 1.29 is 56.7 Å². The molecule has 5 unspecified atom stereocenters. The van der Waals surface area contributed by atoms with Crippen LogP contribution < -0.4 is 11.5 Å². The second kappa shape index (κ2) is 10.7. The Morgan fingerprint density at radius 2 is 1.11 bits per heavy atom. The van der Waals surface area contributed by atoms with Crippen LogP contribution in [0.3, 0.4) is 0 Å². The predicted molar refractivity (Wildman–Crippen MR) is 141 cm³/mol. The zero-order chi connectivity index (χ0) is 31.0. The van der Waals surface area contributed by atoms with Crippen LogP contribution in [0, 0.1) is 0 Å². The Hall–Kier alpha value is -3.24. The molecule has 8 N–H and O–H groups in total. The average Bonchev–Trinajstić information content (AvgIpc) is 3.73. The molecule has 44 heavy (non-hydrogen) atoms. The van der Waals surface area contributed by atoms with Gasteiger partial charge in [0.25, 0.3) is 0 Å². The highest BCUT2D eigenvalue weighted by Gasteiger charge is 2.54. The zero-order valence-electron chi connectivity index (χ0n) is 22.0. The summed E-state index contributed by atoms with van der Waals surface area (Å²) in [5.41, 5.74) is 12.4. The van der Waals surface area contributed by atoms with Crippen LogP contribution in [0.2, 0.25) is 0 Å². The summed E-state index contributed by atoms with van der Waals surface area (Å²) in [6, 6.07) is 0. The third-order valence-corrected chi connectivity index (χ3v) is 9.23. The van der Waals surface area contributed by atoms with Crippen molar-refractivity contribution in [3.05, 3.63) is 25.3 Å². The molecule has 7 heterocycles. The lowest BCUT2D eigenvalue weighted by molar-refractivity contribution is -0.0664. The minimum Gasteiger partial charge on any atom is -0.386 e. The van der Waals surface area contributed by atoms with Gasteiger partial charge in [0.1, 0.15) is 60.3 Å². The molecule has 4 aromatic rings. The standard InChI is InChI=1S/C20H24N10O12P2/c21-15-9-17(25-3-23-15)29(5-27-9)19-11(31)13-7(39-19)1-37-43(33,34)42-14-8(2-38-44(35,36)41-13)40-20(12(14)32)30-6-28-10-16(22)24-4-26-18(10)30/h3-8,11-14,19-20,31-32H,1-2H2,(H,33,34)(H,35,36)(H2,21,23,25)(H2,22,24,26)/t7-,8+,11+,12?,13?,14+,19-,20?/m1/s1. The highest BCUT2D eigenvalue weighted by Crippen LogP contribution is 2.53. The summed E-state index contributed by atoms with van der Waals surface area (Å²) < 4.78 is 61.2. The number of nitrogen functional groups attached to an aromatic ring is 2. The van der Waals surface area contributed by atoms with E-state index in [4.69, 9.17) is 39.0 Å². The number of aliphatic hydroxyl groups is 2. The molecule has 7 rings (SSSR count). The number of aliphatic hydroxyl groups excluding tert-OH is 2. The SMILES string of the molecule is Nc1ncnc2c1ncn2C1O[C@H]2COP(=O)(O)OC3[C@@H](COP(=O)(O)O[C@@H]2C1O)O[C@@H](n1cnc2c(N)ncnc21)[C@H]3O. The molecule has 0 bridgehead atoms. The number of nitrogens with zero attached hydrogens (tertiary/aromatic N) is 8. The van der Waals surface area contributed by atoms with Crippen LogP contribution in [-0.2, 0) is 36.7 Å². The van der Waals surface area contributed by atoms with Gasteiger partial charge in [0.05, 0.1) is 25.9 Å². The molecule has 0 spiro atoms. The Labute approximate surface area is 244 Å². The van der Waals surface area contributed by atoms with Crippen molar-refractivity contribution in [2.24, 2.45) is 0 Å². The Bertz CT molecular complexity index is 1690. The van der Waals surface area contributed by atoms with Gasteiger partial charge in [0.15, 0.2) is 35.4 Å². The topological polar surface area (TPSA) is 310 Å². The molecule has 10 atom stereocenters. The minimum atomic E-state index is -5.00. The Morgan fingerprint density at radius 1 is 0.705 bits per heavy atom. The van der Waals surface area contributed by atoms with E-state index in [1.165, 1.54) is 21.8 Å². The predicted octanol–water partition coefficient (Wildman–Crippen LogP) is -1.63. The maximum atomic E-state index is 13.1. The molecule has 22 nitrogen and oxygen atoms in total. The van der Waals surface area contributed by atoms with Gasteiger partial charge < -0.3 is 40.9 Å². The van der Waals surface area contributed by atoms with E-state index < -0.39 is 77.9 Å². The van der Waals surface area contributed by atoms with Crippen molar-refractivity contribution in [2.75, 3.05) is 24.7 Å². The van der Waals surface area contributed by atoms with Gasteiger partial charge in [0, 0.05) is 0 Å². The number of rotatable bonds is 2. The minimum absolute atomic E-state index is 0.0507. The average molecular weight is 658 g/mol. The van der Waals surface area contributed by atoms with Crippen LogP contribution in [0.5, 0.6) is 0 Å². The molecular weight excluding hydrogens is 634 g/mol. The second-order valence-corrected chi connectivity index (χ2v) is 12.8. The number of hydrogen-bond acceptors (Lipinski definition) is 18. The third kappa shape index (κ3) is 5.04. The summed E-state index contributed by atoms with van der Waals surface area (Å²) in [6.45, 7) is -1.56. The third-order valence-electron chi connectivity index (χ3n) is 7.26. The zero-order valence-corrected chi connectivity index (χ0v) is 23.8. The van der Waals surface area contributed by atoms with E-state index in [-0.39, 0.29) is 34.0 Å². The number of hydrogen-bond donors (Lipinski definition) is 6. The molecular formula is C20H24N10O12P2. The first kappa shape index (κ1) is 29.5.